The molecular formula is C26H18N2O5S. The Morgan fingerprint density at radius 3 is 2.62 bits per heavy atom. The first-order valence-corrected chi connectivity index (χ1v) is 11.9. The van der Waals surface area contributed by atoms with Crippen LogP contribution < -0.4 is 14.4 Å². The third kappa shape index (κ3) is 2.54. The molecule has 5 heterocycles. The van der Waals surface area contributed by atoms with E-state index < -0.39 is 23.9 Å². The predicted octanol–water partition coefficient (Wildman–Crippen LogP) is 3.88. The summed E-state index contributed by atoms with van der Waals surface area (Å²) in [6, 6.07) is 15.3. The smallest absolute Gasteiger partial charge is 0.240 e. The molecule has 0 bridgehead atoms. The molecule has 7 nitrogen and oxygen atoms in total. The number of ketones is 1. The van der Waals surface area contributed by atoms with Gasteiger partial charge in [0.25, 0.3) is 0 Å². The molecule has 0 aliphatic carbocycles. The van der Waals surface area contributed by atoms with E-state index in [-0.39, 0.29) is 24.4 Å². The van der Waals surface area contributed by atoms with Gasteiger partial charge in [-0.1, -0.05) is 30.3 Å². The van der Waals surface area contributed by atoms with E-state index in [0.717, 1.165) is 11.1 Å². The standard InChI is InChI=1S/C26H18N2O5S/c29-24(19-6-3-11-34-19)23-21-20(22-16-5-2-1-4-14(16)9-10-27(22)23)25(30)28(26(21)31)15-7-8-17-18(12-15)33-13-32-17/h1-12,20-23H,13H2/t20-,21-,22-,23+/m1/s1. The van der Waals surface area contributed by atoms with Crippen LogP contribution in [0.3, 0.4) is 0 Å². The highest BCUT2D eigenvalue weighted by Gasteiger charge is 2.64. The Hall–Kier alpha value is -3.91. The molecule has 4 aliphatic rings. The highest BCUT2D eigenvalue weighted by Crippen LogP contribution is 2.54. The Morgan fingerprint density at radius 2 is 1.76 bits per heavy atom. The van der Waals surface area contributed by atoms with Crippen LogP contribution in [0.1, 0.15) is 26.8 Å². The number of Topliss-reactive ketones (excluding diaryl/α,β-unsaturated/α-hetero) is 1. The largest absolute Gasteiger partial charge is 0.454 e. The fraction of sp³-hybridized carbons (Fsp3) is 0.192. The number of hydrogen-bond donors (Lipinski definition) is 0. The van der Waals surface area contributed by atoms with Gasteiger partial charge in [0.2, 0.25) is 18.6 Å². The van der Waals surface area contributed by atoms with E-state index in [1.807, 2.05) is 52.9 Å². The van der Waals surface area contributed by atoms with Gasteiger partial charge in [0.05, 0.1) is 28.4 Å². The van der Waals surface area contributed by atoms with Crippen LogP contribution in [0.15, 0.2) is 66.2 Å². The van der Waals surface area contributed by atoms with E-state index in [9.17, 15) is 14.4 Å². The van der Waals surface area contributed by atoms with Crippen LogP contribution in [0, 0.1) is 11.8 Å². The summed E-state index contributed by atoms with van der Waals surface area (Å²) in [5, 5.41) is 1.85. The van der Waals surface area contributed by atoms with E-state index in [1.165, 1.54) is 16.2 Å². The summed E-state index contributed by atoms with van der Waals surface area (Å²) >= 11 is 1.35. The Labute approximate surface area is 198 Å². The number of amides is 2. The first-order chi connectivity index (χ1) is 16.6. The second-order valence-corrected chi connectivity index (χ2v) is 9.67. The molecule has 7 rings (SSSR count). The quantitative estimate of drug-likeness (QED) is 0.427. The van der Waals surface area contributed by atoms with Crippen molar-refractivity contribution in [2.24, 2.45) is 11.8 Å². The van der Waals surface area contributed by atoms with Crippen molar-refractivity contribution < 1.29 is 23.9 Å². The minimum absolute atomic E-state index is 0.101. The number of nitrogens with zero attached hydrogens (tertiary/aromatic N) is 2. The van der Waals surface area contributed by atoms with Crippen LogP contribution in [0.25, 0.3) is 6.08 Å². The lowest BCUT2D eigenvalue weighted by Gasteiger charge is -2.35. The van der Waals surface area contributed by atoms with Crippen LogP contribution in [0.5, 0.6) is 11.5 Å². The number of fused-ring (bicyclic) bond motifs is 6. The molecule has 0 N–H and O–H groups in total. The minimum atomic E-state index is -0.784. The van der Waals surface area contributed by atoms with Gasteiger partial charge in [0.15, 0.2) is 17.3 Å². The molecule has 0 spiro atoms. The molecule has 34 heavy (non-hydrogen) atoms. The summed E-state index contributed by atoms with van der Waals surface area (Å²) in [7, 11) is 0. The first-order valence-electron chi connectivity index (χ1n) is 11.0. The summed E-state index contributed by atoms with van der Waals surface area (Å²) in [4.78, 5) is 45.2. The SMILES string of the molecule is O=C(c1cccs1)[C@@H]1[C@@H]2C(=O)N(c3ccc4c(c3)OCO4)C(=O)[C@H]2[C@H]2c3ccccc3C=CN12. The summed E-state index contributed by atoms with van der Waals surface area (Å²) < 4.78 is 10.8. The number of anilines is 1. The fourth-order valence-electron chi connectivity index (χ4n) is 5.70. The lowest BCUT2D eigenvalue weighted by Crippen LogP contribution is -2.44. The van der Waals surface area contributed by atoms with Crippen LogP contribution in [-0.2, 0) is 9.59 Å². The summed E-state index contributed by atoms with van der Waals surface area (Å²) in [5.74, 6) is -1.17. The number of benzene rings is 2. The van der Waals surface area contributed by atoms with Crippen molar-refractivity contribution in [3.63, 3.8) is 0 Å². The molecule has 2 saturated heterocycles. The van der Waals surface area contributed by atoms with Gasteiger partial charge in [0, 0.05) is 12.3 Å². The van der Waals surface area contributed by atoms with Crippen LogP contribution in [0.2, 0.25) is 0 Å². The molecular weight excluding hydrogens is 452 g/mol. The van der Waals surface area contributed by atoms with Gasteiger partial charge in [-0.25, -0.2) is 4.90 Å². The van der Waals surface area contributed by atoms with Gasteiger partial charge in [-0.2, -0.15) is 0 Å². The molecule has 4 aliphatic heterocycles. The molecule has 2 aromatic carbocycles. The van der Waals surface area contributed by atoms with Gasteiger partial charge in [0.1, 0.15) is 6.04 Å². The summed E-state index contributed by atoms with van der Waals surface area (Å²) in [6.07, 6.45) is 3.82. The number of hydrogen-bond acceptors (Lipinski definition) is 7. The highest BCUT2D eigenvalue weighted by molar-refractivity contribution is 7.12. The van der Waals surface area contributed by atoms with Crippen molar-refractivity contribution in [1.82, 2.24) is 4.90 Å². The second-order valence-electron chi connectivity index (χ2n) is 8.72. The number of rotatable bonds is 3. The Morgan fingerprint density at radius 1 is 0.941 bits per heavy atom. The van der Waals surface area contributed by atoms with Crippen LogP contribution >= 0.6 is 11.3 Å². The third-order valence-electron chi connectivity index (χ3n) is 7.11. The Balaban J connectivity index is 1.37. The molecule has 2 fully saturated rings. The number of thiophene rings is 1. The van der Waals surface area contributed by atoms with Crippen LogP contribution in [-0.4, -0.2) is 35.3 Å². The molecule has 8 heteroatoms. The average Bonchev–Trinajstić information content (AvgIpc) is 3.64. The zero-order valence-corrected chi connectivity index (χ0v) is 18.6. The van der Waals surface area contributed by atoms with E-state index in [2.05, 4.69) is 0 Å². The van der Waals surface area contributed by atoms with Crippen molar-refractivity contribution in [3.8, 4) is 11.5 Å². The zero-order valence-electron chi connectivity index (χ0n) is 17.8. The molecule has 0 unspecified atom stereocenters. The van der Waals surface area contributed by atoms with E-state index in [1.54, 1.807) is 24.3 Å². The predicted molar refractivity (Wildman–Crippen MR) is 125 cm³/mol. The van der Waals surface area contributed by atoms with Gasteiger partial charge in [-0.15, -0.1) is 11.3 Å². The lowest BCUT2D eigenvalue weighted by atomic mass is 9.84. The highest BCUT2D eigenvalue weighted by atomic mass is 32.1. The number of carbonyl (C=O) groups is 3. The minimum Gasteiger partial charge on any atom is -0.454 e. The summed E-state index contributed by atoms with van der Waals surface area (Å²) in [6.45, 7) is 0.101. The van der Waals surface area contributed by atoms with Crippen molar-refractivity contribution in [2.45, 2.75) is 12.1 Å². The topological polar surface area (TPSA) is 76.1 Å². The number of imide groups is 1. The van der Waals surface area contributed by atoms with E-state index >= 15 is 0 Å². The van der Waals surface area contributed by atoms with E-state index in [0.29, 0.717) is 22.1 Å². The molecule has 1 aromatic heterocycles. The number of ether oxygens (including phenoxy) is 2. The molecule has 3 aromatic rings. The Bertz CT molecular complexity index is 1400. The zero-order chi connectivity index (χ0) is 23.0. The molecule has 2 amide bonds. The van der Waals surface area contributed by atoms with Crippen LogP contribution in [0.4, 0.5) is 5.69 Å². The fourth-order valence-corrected chi connectivity index (χ4v) is 6.40. The number of carbonyl (C=O) groups excluding carboxylic acids is 3. The normalized spacial score (nSPS) is 26.0. The second kappa shape index (κ2) is 7.04. The van der Waals surface area contributed by atoms with Gasteiger partial charge in [-0.3, -0.25) is 14.4 Å². The van der Waals surface area contributed by atoms with Gasteiger partial charge in [-0.05, 0) is 40.8 Å². The maximum atomic E-state index is 13.9. The summed E-state index contributed by atoms with van der Waals surface area (Å²) in [5.41, 5.74) is 2.38. The van der Waals surface area contributed by atoms with Crippen molar-refractivity contribution >= 4 is 40.7 Å². The molecule has 0 radical (unpaired) electrons. The molecule has 0 saturated carbocycles. The monoisotopic (exact) mass is 470 g/mol. The molecule has 4 atom stereocenters. The van der Waals surface area contributed by atoms with Gasteiger partial charge >= 0.3 is 0 Å². The van der Waals surface area contributed by atoms with Crippen molar-refractivity contribution in [2.75, 3.05) is 11.7 Å². The first kappa shape index (κ1) is 19.5. The lowest BCUT2D eigenvalue weighted by molar-refractivity contribution is -0.123. The molecule has 168 valence electrons. The van der Waals surface area contributed by atoms with Crippen molar-refractivity contribution in [3.05, 3.63) is 82.2 Å². The maximum Gasteiger partial charge on any atom is 0.240 e. The maximum absolute atomic E-state index is 13.9. The van der Waals surface area contributed by atoms with Crippen molar-refractivity contribution in [1.29, 1.82) is 0 Å². The average molecular weight is 471 g/mol. The Kier molecular flexibility index (Phi) is 4.05. The van der Waals surface area contributed by atoms with E-state index in [4.69, 9.17) is 9.47 Å². The third-order valence-corrected chi connectivity index (χ3v) is 7.99. The van der Waals surface area contributed by atoms with Gasteiger partial charge < -0.3 is 14.4 Å².